The average Bonchev–Trinajstić information content (AvgIpc) is 2.39. The van der Waals surface area contributed by atoms with Crippen LogP contribution in [0.1, 0.15) is 29.8 Å². The quantitative estimate of drug-likeness (QED) is 0.703. The molecule has 1 aliphatic rings. The van der Waals surface area contributed by atoms with Crippen LogP contribution in [0.3, 0.4) is 0 Å². The van der Waals surface area contributed by atoms with Crippen molar-refractivity contribution in [3.8, 4) is 0 Å². The van der Waals surface area contributed by atoms with E-state index in [4.69, 9.17) is 0 Å². The number of esters is 1. The Labute approximate surface area is 94.5 Å². The van der Waals surface area contributed by atoms with Gasteiger partial charge in [-0.1, -0.05) is 0 Å². The van der Waals surface area contributed by atoms with E-state index in [0.717, 1.165) is 18.9 Å². The highest BCUT2D eigenvalue weighted by molar-refractivity contribution is 5.87. The minimum absolute atomic E-state index is 0.318. The zero-order valence-electron chi connectivity index (χ0n) is 9.35. The van der Waals surface area contributed by atoms with Gasteiger partial charge in [-0.3, -0.25) is 0 Å². The number of methoxy groups -OCH3 is 1. The molecule has 2 rings (SSSR count). The highest BCUT2D eigenvalue weighted by atomic mass is 16.5. The van der Waals surface area contributed by atoms with E-state index in [-0.39, 0.29) is 0 Å². The lowest BCUT2D eigenvalue weighted by Crippen LogP contribution is -2.30. The van der Waals surface area contributed by atoms with Crippen molar-refractivity contribution >= 4 is 11.8 Å². The highest BCUT2D eigenvalue weighted by Gasteiger charge is 2.15. The molecule has 5 nitrogen and oxygen atoms in total. The summed E-state index contributed by atoms with van der Waals surface area (Å²) in [6.45, 7) is 2.00. The summed E-state index contributed by atoms with van der Waals surface area (Å²) < 4.78 is 4.63. The smallest absolute Gasteiger partial charge is 0.356 e. The molecule has 16 heavy (non-hydrogen) atoms. The van der Waals surface area contributed by atoms with Gasteiger partial charge in [-0.25, -0.2) is 14.8 Å². The van der Waals surface area contributed by atoms with Crippen LogP contribution >= 0.6 is 0 Å². The lowest BCUT2D eigenvalue weighted by Gasteiger charge is -2.27. The summed E-state index contributed by atoms with van der Waals surface area (Å²) >= 11 is 0. The van der Waals surface area contributed by atoms with E-state index in [1.54, 1.807) is 6.07 Å². The zero-order valence-corrected chi connectivity index (χ0v) is 9.35. The van der Waals surface area contributed by atoms with Gasteiger partial charge in [-0.05, 0) is 19.3 Å². The van der Waals surface area contributed by atoms with Crippen LogP contribution in [0.25, 0.3) is 0 Å². The third-order valence-corrected chi connectivity index (χ3v) is 2.73. The van der Waals surface area contributed by atoms with E-state index in [1.165, 1.54) is 32.7 Å². The van der Waals surface area contributed by atoms with Crippen LogP contribution in [-0.2, 0) is 4.74 Å². The summed E-state index contributed by atoms with van der Waals surface area (Å²) in [5.41, 5.74) is 0.318. The predicted octanol–water partition coefficient (Wildman–Crippen LogP) is 1.25. The topological polar surface area (TPSA) is 55.3 Å². The lowest BCUT2D eigenvalue weighted by atomic mass is 10.1. The standard InChI is InChI=1S/C11H15N3O2/c1-16-11(15)9-7-10(13-8-12-9)14-5-3-2-4-6-14/h7-8H,2-6H2,1H3. The minimum atomic E-state index is -0.416. The molecule has 0 radical (unpaired) electrons. The van der Waals surface area contributed by atoms with E-state index >= 15 is 0 Å². The Kier molecular flexibility index (Phi) is 3.34. The van der Waals surface area contributed by atoms with Gasteiger partial charge < -0.3 is 9.64 Å². The lowest BCUT2D eigenvalue weighted by molar-refractivity contribution is 0.0594. The molecule has 1 aromatic heterocycles. The number of hydrogen-bond donors (Lipinski definition) is 0. The van der Waals surface area contributed by atoms with Crippen molar-refractivity contribution in [3.05, 3.63) is 18.1 Å². The summed E-state index contributed by atoms with van der Waals surface area (Å²) in [7, 11) is 1.35. The predicted molar refractivity (Wildman–Crippen MR) is 59.4 cm³/mol. The second kappa shape index (κ2) is 4.92. The first-order valence-electron chi connectivity index (χ1n) is 5.46. The number of anilines is 1. The Morgan fingerprint density at radius 2 is 2.06 bits per heavy atom. The SMILES string of the molecule is COC(=O)c1cc(N2CCCCC2)ncn1. The molecular weight excluding hydrogens is 206 g/mol. The first-order valence-corrected chi connectivity index (χ1v) is 5.46. The maximum Gasteiger partial charge on any atom is 0.356 e. The Balaban J connectivity index is 2.17. The van der Waals surface area contributed by atoms with Crippen LogP contribution in [-0.4, -0.2) is 36.1 Å². The molecular formula is C11H15N3O2. The van der Waals surface area contributed by atoms with Crippen LogP contribution in [0.2, 0.25) is 0 Å². The van der Waals surface area contributed by atoms with Gasteiger partial charge in [0, 0.05) is 19.2 Å². The number of hydrogen-bond acceptors (Lipinski definition) is 5. The molecule has 0 bridgehead atoms. The maximum absolute atomic E-state index is 11.3. The Bertz CT molecular complexity index is 375. The monoisotopic (exact) mass is 221 g/mol. The van der Waals surface area contributed by atoms with E-state index in [0.29, 0.717) is 5.69 Å². The van der Waals surface area contributed by atoms with Crippen molar-refractivity contribution in [1.82, 2.24) is 9.97 Å². The molecule has 0 spiro atoms. The Morgan fingerprint density at radius 1 is 1.31 bits per heavy atom. The van der Waals surface area contributed by atoms with Crippen molar-refractivity contribution in [1.29, 1.82) is 0 Å². The maximum atomic E-state index is 11.3. The van der Waals surface area contributed by atoms with Gasteiger partial charge in [-0.15, -0.1) is 0 Å². The van der Waals surface area contributed by atoms with Crippen LogP contribution in [0, 0.1) is 0 Å². The van der Waals surface area contributed by atoms with Gasteiger partial charge in [0.25, 0.3) is 0 Å². The number of carbonyl (C=O) groups excluding carboxylic acids is 1. The summed E-state index contributed by atoms with van der Waals surface area (Å²) in [4.78, 5) is 21.6. The van der Waals surface area contributed by atoms with Gasteiger partial charge in [0.15, 0.2) is 5.69 Å². The van der Waals surface area contributed by atoms with Crippen LogP contribution < -0.4 is 4.90 Å². The molecule has 1 fully saturated rings. The van der Waals surface area contributed by atoms with Crippen molar-refractivity contribution in [2.75, 3.05) is 25.1 Å². The Morgan fingerprint density at radius 3 is 2.75 bits per heavy atom. The highest BCUT2D eigenvalue weighted by Crippen LogP contribution is 2.17. The molecule has 0 saturated carbocycles. The Hall–Kier alpha value is -1.65. The van der Waals surface area contributed by atoms with Crippen molar-refractivity contribution in [2.24, 2.45) is 0 Å². The van der Waals surface area contributed by atoms with Crippen LogP contribution in [0.15, 0.2) is 12.4 Å². The third-order valence-electron chi connectivity index (χ3n) is 2.73. The number of aromatic nitrogens is 2. The first-order chi connectivity index (χ1) is 7.81. The van der Waals surface area contributed by atoms with Gasteiger partial charge >= 0.3 is 5.97 Å². The summed E-state index contributed by atoms with van der Waals surface area (Å²) in [6.07, 6.45) is 5.04. The molecule has 5 heteroatoms. The molecule has 0 aliphatic carbocycles. The molecule has 1 saturated heterocycles. The van der Waals surface area contributed by atoms with Crippen molar-refractivity contribution in [2.45, 2.75) is 19.3 Å². The molecule has 0 amide bonds. The molecule has 1 aliphatic heterocycles. The number of piperidine rings is 1. The average molecular weight is 221 g/mol. The molecule has 1 aromatic rings. The second-order valence-electron chi connectivity index (χ2n) is 3.80. The third kappa shape index (κ3) is 2.29. The minimum Gasteiger partial charge on any atom is -0.464 e. The molecule has 86 valence electrons. The number of carbonyl (C=O) groups is 1. The number of ether oxygens (including phenoxy) is 1. The fraction of sp³-hybridized carbons (Fsp3) is 0.545. The van der Waals surface area contributed by atoms with Crippen LogP contribution in [0.4, 0.5) is 5.82 Å². The van der Waals surface area contributed by atoms with E-state index in [1.807, 2.05) is 0 Å². The van der Waals surface area contributed by atoms with Gasteiger partial charge in [0.2, 0.25) is 0 Å². The van der Waals surface area contributed by atoms with Crippen LogP contribution in [0.5, 0.6) is 0 Å². The number of nitrogens with zero attached hydrogens (tertiary/aromatic N) is 3. The van der Waals surface area contributed by atoms with Crippen molar-refractivity contribution < 1.29 is 9.53 Å². The van der Waals surface area contributed by atoms with Gasteiger partial charge in [0.1, 0.15) is 12.1 Å². The van der Waals surface area contributed by atoms with E-state index in [2.05, 4.69) is 19.6 Å². The molecule has 0 atom stereocenters. The first kappa shape index (κ1) is 10.9. The molecule has 2 heterocycles. The second-order valence-corrected chi connectivity index (χ2v) is 3.80. The normalized spacial score (nSPS) is 15.9. The van der Waals surface area contributed by atoms with E-state index < -0.39 is 5.97 Å². The van der Waals surface area contributed by atoms with E-state index in [9.17, 15) is 4.79 Å². The fourth-order valence-electron chi connectivity index (χ4n) is 1.86. The molecule has 0 aromatic carbocycles. The van der Waals surface area contributed by atoms with Crippen molar-refractivity contribution in [3.63, 3.8) is 0 Å². The summed E-state index contributed by atoms with van der Waals surface area (Å²) in [5, 5.41) is 0. The zero-order chi connectivity index (χ0) is 11.4. The molecule has 0 N–H and O–H groups in total. The van der Waals surface area contributed by atoms with Gasteiger partial charge in [0.05, 0.1) is 7.11 Å². The van der Waals surface area contributed by atoms with Gasteiger partial charge in [-0.2, -0.15) is 0 Å². The fourth-order valence-corrected chi connectivity index (χ4v) is 1.86. The summed E-state index contributed by atoms with van der Waals surface area (Å²) in [5.74, 6) is 0.399. The molecule has 0 unspecified atom stereocenters. The summed E-state index contributed by atoms with van der Waals surface area (Å²) in [6, 6.07) is 1.69. The number of rotatable bonds is 2. The largest absolute Gasteiger partial charge is 0.464 e.